The van der Waals surface area contributed by atoms with E-state index in [2.05, 4.69) is 10.6 Å². The Morgan fingerprint density at radius 3 is 2.89 bits per heavy atom. The molecule has 6 heteroatoms. The molecule has 2 aliphatic rings. The molecule has 1 fully saturated rings. The maximum atomic E-state index is 11.8. The Morgan fingerprint density at radius 2 is 2.11 bits per heavy atom. The number of hydrogen-bond acceptors (Lipinski definition) is 4. The van der Waals surface area contributed by atoms with E-state index < -0.39 is 0 Å². The molecule has 0 spiro atoms. The van der Waals surface area contributed by atoms with E-state index in [1.54, 1.807) is 12.1 Å². The van der Waals surface area contributed by atoms with Crippen LogP contribution in [0.4, 0.5) is 5.69 Å². The lowest BCUT2D eigenvalue weighted by molar-refractivity contribution is 0.0877. The first-order valence-corrected chi connectivity index (χ1v) is 6.70. The van der Waals surface area contributed by atoms with E-state index in [-0.39, 0.29) is 12.6 Å². The zero-order valence-electron chi connectivity index (χ0n) is 10.4. The maximum absolute atomic E-state index is 11.8. The van der Waals surface area contributed by atoms with Crippen LogP contribution >= 0.6 is 11.6 Å². The van der Waals surface area contributed by atoms with E-state index in [9.17, 15) is 4.79 Å². The van der Waals surface area contributed by atoms with Gasteiger partial charge >= 0.3 is 0 Å². The van der Waals surface area contributed by atoms with E-state index in [1.165, 1.54) is 0 Å². The van der Waals surface area contributed by atoms with Crippen LogP contribution in [-0.4, -0.2) is 31.9 Å². The van der Waals surface area contributed by atoms with Crippen LogP contribution in [0, 0.1) is 0 Å². The zero-order chi connectivity index (χ0) is 13.2. The molecule has 2 aliphatic heterocycles. The van der Waals surface area contributed by atoms with Crippen LogP contribution in [0.25, 0.3) is 0 Å². The van der Waals surface area contributed by atoms with Crippen molar-refractivity contribution in [1.82, 2.24) is 5.32 Å². The average Bonchev–Trinajstić information content (AvgIpc) is 2.41. The Morgan fingerprint density at radius 1 is 1.32 bits per heavy atom. The highest BCUT2D eigenvalue weighted by molar-refractivity contribution is 6.31. The van der Waals surface area contributed by atoms with Crippen molar-refractivity contribution in [3.63, 3.8) is 0 Å². The topological polar surface area (TPSA) is 59.6 Å². The first-order valence-electron chi connectivity index (χ1n) is 6.33. The summed E-state index contributed by atoms with van der Waals surface area (Å²) in [4.78, 5) is 11.8. The van der Waals surface area contributed by atoms with Gasteiger partial charge in [-0.2, -0.15) is 0 Å². The normalized spacial score (nSPS) is 19.3. The summed E-state index contributed by atoms with van der Waals surface area (Å²) in [5.41, 5.74) is 1.26. The Hall–Kier alpha value is -1.46. The molecule has 2 heterocycles. The van der Waals surface area contributed by atoms with E-state index in [0.717, 1.165) is 31.7 Å². The van der Waals surface area contributed by atoms with Crippen molar-refractivity contribution in [1.29, 1.82) is 0 Å². The third kappa shape index (κ3) is 2.62. The van der Waals surface area contributed by atoms with E-state index in [1.807, 2.05) is 0 Å². The number of nitrogens with one attached hydrogen (secondary N) is 2. The molecule has 19 heavy (non-hydrogen) atoms. The molecule has 0 saturated carbocycles. The molecule has 0 radical (unpaired) electrons. The highest BCUT2D eigenvalue weighted by atomic mass is 35.5. The first kappa shape index (κ1) is 12.6. The quantitative estimate of drug-likeness (QED) is 0.871. The smallest absolute Gasteiger partial charge is 0.257 e. The summed E-state index contributed by atoms with van der Waals surface area (Å²) in [5, 5.41) is 6.55. The number of hydrogen-bond donors (Lipinski definition) is 2. The van der Waals surface area contributed by atoms with Crippen LogP contribution in [-0.2, 0) is 4.74 Å². The highest BCUT2D eigenvalue weighted by Gasteiger charge is 2.24. The van der Waals surface area contributed by atoms with Gasteiger partial charge in [-0.05, 0) is 25.0 Å². The number of amides is 1. The largest absolute Gasteiger partial charge is 0.470 e. The third-order valence-corrected chi connectivity index (χ3v) is 3.55. The second kappa shape index (κ2) is 5.27. The van der Waals surface area contributed by atoms with Crippen LogP contribution in [0.2, 0.25) is 5.02 Å². The summed E-state index contributed by atoms with van der Waals surface area (Å²) in [6.45, 7) is 1.69. The molecule has 0 atom stereocenters. The number of halogens is 1. The van der Waals surface area contributed by atoms with Gasteiger partial charge in [0.25, 0.3) is 5.91 Å². The van der Waals surface area contributed by atoms with Crippen LogP contribution < -0.4 is 15.4 Å². The van der Waals surface area contributed by atoms with Crippen molar-refractivity contribution in [3.8, 4) is 5.75 Å². The molecule has 102 valence electrons. The molecule has 2 N–H and O–H groups in total. The average molecular weight is 283 g/mol. The molecule has 0 aromatic heterocycles. The molecule has 0 bridgehead atoms. The Labute approximate surface area is 116 Å². The summed E-state index contributed by atoms with van der Waals surface area (Å²) in [6.07, 6.45) is 1.88. The standard InChI is InChI=1S/C13H15ClN2O3/c14-8-5-10-12(19-7-15-13(10)17)11(6-8)16-9-1-3-18-4-2-9/h5-6,9,16H,1-4,7H2,(H,15,17). The summed E-state index contributed by atoms with van der Waals surface area (Å²) >= 11 is 6.06. The van der Waals surface area contributed by atoms with Crippen molar-refractivity contribution < 1.29 is 14.3 Å². The highest BCUT2D eigenvalue weighted by Crippen LogP contribution is 2.35. The minimum Gasteiger partial charge on any atom is -0.470 e. The van der Waals surface area contributed by atoms with Crippen LogP contribution in [0.1, 0.15) is 23.2 Å². The minimum absolute atomic E-state index is 0.154. The van der Waals surface area contributed by atoms with E-state index >= 15 is 0 Å². The third-order valence-electron chi connectivity index (χ3n) is 3.33. The van der Waals surface area contributed by atoms with Crippen molar-refractivity contribution in [2.45, 2.75) is 18.9 Å². The fourth-order valence-corrected chi connectivity index (χ4v) is 2.57. The second-order valence-corrected chi connectivity index (χ2v) is 5.09. The van der Waals surface area contributed by atoms with Gasteiger partial charge in [-0.15, -0.1) is 0 Å². The van der Waals surface area contributed by atoms with Gasteiger partial charge in [0, 0.05) is 24.3 Å². The fourth-order valence-electron chi connectivity index (χ4n) is 2.36. The first-order chi connectivity index (χ1) is 9.24. The van der Waals surface area contributed by atoms with Crippen molar-refractivity contribution in [2.24, 2.45) is 0 Å². The lowest BCUT2D eigenvalue weighted by Crippen LogP contribution is -2.34. The Kier molecular flexibility index (Phi) is 3.48. The number of ether oxygens (including phenoxy) is 2. The lowest BCUT2D eigenvalue weighted by Gasteiger charge is -2.27. The maximum Gasteiger partial charge on any atom is 0.257 e. The number of benzene rings is 1. The molecule has 1 amide bonds. The lowest BCUT2D eigenvalue weighted by atomic mass is 10.1. The minimum atomic E-state index is -0.154. The summed E-state index contributed by atoms with van der Waals surface area (Å²) in [5.74, 6) is 0.429. The molecular formula is C13H15ClN2O3. The summed E-state index contributed by atoms with van der Waals surface area (Å²) in [7, 11) is 0. The fraction of sp³-hybridized carbons (Fsp3) is 0.462. The van der Waals surface area contributed by atoms with Crippen molar-refractivity contribution in [2.75, 3.05) is 25.3 Å². The predicted molar refractivity (Wildman–Crippen MR) is 71.9 cm³/mol. The second-order valence-electron chi connectivity index (χ2n) is 4.66. The van der Waals surface area contributed by atoms with Crippen LogP contribution in [0.5, 0.6) is 5.75 Å². The number of anilines is 1. The predicted octanol–water partition coefficient (Wildman–Crippen LogP) is 2.01. The molecular weight excluding hydrogens is 268 g/mol. The number of fused-ring (bicyclic) bond motifs is 1. The monoisotopic (exact) mass is 282 g/mol. The van der Waals surface area contributed by atoms with Crippen molar-refractivity contribution >= 4 is 23.2 Å². The molecule has 0 unspecified atom stereocenters. The van der Waals surface area contributed by atoms with Gasteiger partial charge in [-0.25, -0.2) is 0 Å². The molecule has 3 rings (SSSR count). The molecule has 1 saturated heterocycles. The van der Waals surface area contributed by atoms with Crippen LogP contribution in [0.15, 0.2) is 12.1 Å². The molecule has 1 aromatic rings. The van der Waals surface area contributed by atoms with Gasteiger partial charge in [0.05, 0.1) is 11.3 Å². The van der Waals surface area contributed by atoms with Gasteiger partial charge in [0.1, 0.15) is 0 Å². The van der Waals surface area contributed by atoms with E-state index in [4.69, 9.17) is 21.1 Å². The number of carbonyl (C=O) groups is 1. The van der Waals surface area contributed by atoms with Crippen molar-refractivity contribution in [3.05, 3.63) is 22.7 Å². The number of rotatable bonds is 2. The summed E-state index contributed by atoms with van der Waals surface area (Å²) in [6, 6.07) is 3.75. The van der Waals surface area contributed by atoms with Gasteiger partial charge in [0.15, 0.2) is 12.5 Å². The van der Waals surface area contributed by atoms with Crippen LogP contribution in [0.3, 0.4) is 0 Å². The van der Waals surface area contributed by atoms with Gasteiger partial charge < -0.3 is 20.1 Å². The Balaban J connectivity index is 1.89. The SMILES string of the molecule is O=C1NCOc2c(NC3CCOCC3)cc(Cl)cc21. The van der Waals surface area contributed by atoms with Gasteiger partial charge in [0.2, 0.25) is 0 Å². The molecule has 5 nitrogen and oxygen atoms in total. The molecule has 1 aromatic carbocycles. The Bertz CT molecular complexity index is 501. The van der Waals surface area contributed by atoms with E-state index in [0.29, 0.717) is 22.4 Å². The van der Waals surface area contributed by atoms with Gasteiger partial charge in [-0.1, -0.05) is 11.6 Å². The van der Waals surface area contributed by atoms with Gasteiger partial charge in [-0.3, -0.25) is 4.79 Å². The molecule has 0 aliphatic carbocycles. The zero-order valence-corrected chi connectivity index (χ0v) is 11.1. The number of carbonyl (C=O) groups excluding carboxylic acids is 1. The summed E-state index contributed by atoms with van der Waals surface area (Å²) < 4.78 is 10.9.